The summed E-state index contributed by atoms with van der Waals surface area (Å²) in [7, 11) is 0. The van der Waals surface area contributed by atoms with Crippen LogP contribution in [0.5, 0.6) is 0 Å². The Kier molecular flexibility index (Phi) is 4.23. The van der Waals surface area contributed by atoms with Crippen LogP contribution < -0.4 is 5.32 Å². The number of rotatable bonds is 2. The van der Waals surface area contributed by atoms with Gasteiger partial charge in [-0.2, -0.15) is 13.2 Å². The van der Waals surface area contributed by atoms with E-state index in [2.05, 4.69) is 15.9 Å². The molecule has 18 heavy (non-hydrogen) atoms. The Morgan fingerprint density at radius 1 is 1.33 bits per heavy atom. The zero-order chi connectivity index (χ0) is 14.1. The SMILES string of the molecule is O=C(O)c1cc(Cl)c(NC(=O)C(F)(F)F)c(Br)c1. The van der Waals surface area contributed by atoms with Gasteiger partial charge in [-0.1, -0.05) is 11.6 Å². The molecule has 0 bridgehead atoms. The maximum absolute atomic E-state index is 12.0. The summed E-state index contributed by atoms with van der Waals surface area (Å²) in [6, 6.07) is 1.96. The van der Waals surface area contributed by atoms with Crippen LogP contribution in [0.4, 0.5) is 18.9 Å². The maximum Gasteiger partial charge on any atom is 0.471 e. The number of anilines is 1. The lowest BCUT2D eigenvalue weighted by molar-refractivity contribution is -0.167. The molecule has 0 aliphatic rings. The average molecular weight is 346 g/mol. The van der Waals surface area contributed by atoms with Crippen molar-refractivity contribution in [1.29, 1.82) is 0 Å². The molecule has 0 radical (unpaired) electrons. The third-order valence-corrected chi connectivity index (χ3v) is 2.71. The molecule has 0 saturated heterocycles. The summed E-state index contributed by atoms with van der Waals surface area (Å²) in [5.74, 6) is -3.50. The second-order valence-electron chi connectivity index (χ2n) is 3.07. The van der Waals surface area contributed by atoms with Gasteiger partial charge in [0.1, 0.15) is 0 Å². The topological polar surface area (TPSA) is 66.4 Å². The summed E-state index contributed by atoms with van der Waals surface area (Å²) >= 11 is 8.43. The van der Waals surface area contributed by atoms with E-state index in [1.165, 1.54) is 0 Å². The van der Waals surface area contributed by atoms with Crippen molar-refractivity contribution in [2.75, 3.05) is 5.32 Å². The van der Waals surface area contributed by atoms with Gasteiger partial charge >= 0.3 is 18.1 Å². The molecule has 98 valence electrons. The van der Waals surface area contributed by atoms with E-state index in [9.17, 15) is 22.8 Å². The predicted molar refractivity (Wildman–Crippen MR) is 60.8 cm³/mol. The van der Waals surface area contributed by atoms with Crippen LogP contribution in [-0.4, -0.2) is 23.2 Å². The minimum Gasteiger partial charge on any atom is -0.478 e. The highest BCUT2D eigenvalue weighted by Crippen LogP contribution is 2.33. The number of hydrogen-bond acceptors (Lipinski definition) is 2. The van der Waals surface area contributed by atoms with Crippen molar-refractivity contribution in [3.63, 3.8) is 0 Å². The van der Waals surface area contributed by atoms with Gasteiger partial charge in [-0.3, -0.25) is 4.79 Å². The van der Waals surface area contributed by atoms with Gasteiger partial charge in [0, 0.05) is 4.47 Å². The highest BCUT2D eigenvalue weighted by molar-refractivity contribution is 9.10. The molecule has 1 aromatic rings. The molecular weight excluding hydrogens is 342 g/mol. The van der Waals surface area contributed by atoms with Gasteiger partial charge in [0.2, 0.25) is 0 Å². The lowest BCUT2D eigenvalue weighted by Crippen LogP contribution is -2.30. The van der Waals surface area contributed by atoms with Crippen LogP contribution in [0, 0.1) is 0 Å². The summed E-state index contributed by atoms with van der Waals surface area (Å²) in [5.41, 5.74) is -0.569. The van der Waals surface area contributed by atoms with E-state index in [0.29, 0.717) is 0 Å². The lowest BCUT2D eigenvalue weighted by atomic mass is 10.2. The normalized spacial score (nSPS) is 11.2. The molecule has 9 heteroatoms. The number of alkyl halides is 3. The fraction of sp³-hybridized carbons (Fsp3) is 0.111. The van der Waals surface area contributed by atoms with Crippen molar-refractivity contribution >= 4 is 45.1 Å². The number of amides is 1. The van der Waals surface area contributed by atoms with Crippen molar-refractivity contribution in [1.82, 2.24) is 0 Å². The van der Waals surface area contributed by atoms with Gasteiger partial charge in [0.05, 0.1) is 16.3 Å². The molecule has 4 nitrogen and oxygen atoms in total. The summed E-state index contributed by atoms with van der Waals surface area (Å²) in [5, 5.41) is 9.92. The average Bonchev–Trinajstić information content (AvgIpc) is 2.21. The van der Waals surface area contributed by atoms with Gasteiger partial charge in [0.25, 0.3) is 0 Å². The molecule has 0 saturated carbocycles. The van der Waals surface area contributed by atoms with E-state index in [1.807, 2.05) is 0 Å². The van der Waals surface area contributed by atoms with E-state index in [1.54, 1.807) is 5.32 Å². The Labute approximate surface area is 112 Å². The van der Waals surface area contributed by atoms with E-state index >= 15 is 0 Å². The fourth-order valence-electron chi connectivity index (χ4n) is 1.00. The number of aromatic carboxylic acids is 1. The van der Waals surface area contributed by atoms with Gasteiger partial charge in [-0.25, -0.2) is 4.79 Å². The van der Waals surface area contributed by atoms with Crippen LogP contribution in [0.3, 0.4) is 0 Å². The molecule has 0 aromatic heterocycles. The molecular formula is C9H4BrClF3NO3. The first kappa shape index (κ1) is 14.8. The van der Waals surface area contributed by atoms with Crippen LogP contribution in [0.25, 0.3) is 0 Å². The van der Waals surface area contributed by atoms with Gasteiger partial charge in [-0.15, -0.1) is 0 Å². The van der Waals surface area contributed by atoms with Crippen molar-refractivity contribution in [3.05, 3.63) is 27.2 Å². The minimum atomic E-state index is -5.06. The van der Waals surface area contributed by atoms with Gasteiger partial charge in [-0.05, 0) is 28.1 Å². The molecule has 0 heterocycles. The maximum atomic E-state index is 12.0. The highest BCUT2D eigenvalue weighted by atomic mass is 79.9. The van der Waals surface area contributed by atoms with Crippen LogP contribution in [0.1, 0.15) is 10.4 Å². The second kappa shape index (κ2) is 5.15. The number of hydrogen-bond donors (Lipinski definition) is 2. The predicted octanol–water partition coefficient (Wildman–Crippen LogP) is 3.30. The van der Waals surface area contributed by atoms with Gasteiger partial charge in [0.15, 0.2) is 0 Å². The Bertz CT molecular complexity index is 495. The Balaban J connectivity index is 3.12. The minimum absolute atomic E-state index is 0.0648. The van der Waals surface area contributed by atoms with E-state index in [0.717, 1.165) is 12.1 Å². The number of carboxylic acids is 1. The van der Waals surface area contributed by atoms with E-state index in [4.69, 9.17) is 16.7 Å². The molecule has 1 amide bonds. The molecule has 2 N–H and O–H groups in total. The highest BCUT2D eigenvalue weighted by Gasteiger charge is 2.39. The van der Waals surface area contributed by atoms with Crippen molar-refractivity contribution in [2.24, 2.45) is 0 Å². The molecule has 0 spiro atoms. The monoisotopic (exact) mass is 345 g/mol. The number of carboxylic acid groups (broad SMARTS) is 1. The number of carbonyl (C=O) groups excluding carboxylic acids is 1. The molecule has 0 atom stereocenters. The molecule has 0 aliphatic carbocycles. The Morgan fingerprint density at radius 3 is 2.28 bits per heavy atom. The van der Waals surface area contributed by atoms with Crippen molar-refractivity contribution in [3.8, 4) is 0 Å². The lowest BCUT2D eigenvalue weighted by Gasteiger charge is -2.11. The smallest absolute Gasteiger partial charge is 0.471 e. The summed E-state index contributed by atoms with van der Waals surface area (Å²) in [6.07, 6.45) is -5.06. The molecule has 0 unspecified atom stereocenters. The largest absolute Gasteiger partial charge is 0.478 e. The van der Waals surface area contributed by atoms with E-state index in [-0.39, 0.29) is 20.7 Å². The molecule has 1 rings (SSSR count). The Hall–Kier alpha value is -1.28. The third-order valence-electron chi connectivity index (χ3n) is 1.79. The van der Waals surface area contributed by atoms with E-state index < -0.39 is 18.1 Å². The molecule has 0 aliphatic heterocycles. The molecule has 0 fully saturated rings. The quantitative estimate of drug-likeness (QED) is 0.863. The van der Waals surface area contributed by atoms with Crippen LogP contribution in [0.2, 0.25) is 5.02 Å². The van der Waals surface area contributed by atoms with Crippen LogP contribution in [0.15, 0.2) is 16.6 Å². The number of carbonyl (C=O) groups is 2. The summed E-state index contributed by atoms with van der Waals surface area (Å²) in [6.45, 7) is 0. The first-order chi connectivity index (χ1) is 8.12. The Morgan fingerprint density at radius 2 is 1.89 bits per heavy atom. The zero-order valence-corrected chi connectivity index (χ0v) is 10.7. The van der Waals surface area contributed by atoms with Crippen molar-refractivity contribution in [2.45, 2.75) is 6.18 Å². The fourth-order valence-corrected chi connectivity index (χ4v) is 1.94. The van der Waals surface area contributed by atoms with Crippen LogP contribution in [-0.2, 0) is 4.79 Å². The van der Waals surface area contributed by atoms with Crippen molar-refractivity contribution < 1.29 is 27.9 Å². The first-order valence-corrected chi connectivity index (χ1v) is 5.40. The summed E-state index contributed by atoms with van der Waals surface area (Å²) in [4.78, 5) is 21.4. The first-order valence-electron chi connectivity index (χ1n) is 4.23. The van der Waals surface area contributed by atoms with Gasteiger partial charge < -0.3 is 10.4 Å². The standard InChI is InChI=1S/C9H4BrClF3NO3/c10-4-1-3(7(16)17)2-5(11)6(4)15-8(18)9(12,13)14/h1-2H,(H,15,18)(H,16,17). The van der Waals surface area contributed by atoms with Crippen LogP contribution >= 0.6 is 27.5 Å². The molecule has 1 aromatic carbocycles. The number of benzene rings is 1. The zero-order valence-electron chi connectivity index (χ0n) is 8.31. The summed E-state index contributed by atoms with van der Waals surface area (Å²) < 4.78 is 36.1. The number of halogens is 5. The second-order valence-corrected chi connectivity index (χ2v) is 4.33. The third kappa shape index (κ3) is 3.36. The number of nitrogens with one attached hydrogen (secondary N) is 1.